The zero-order valence-corrected chi connectivity index (χ0v) is 11.6. The lowest BCUT2D eigenvalue weighted by atomic mass is 10.1. The molecule has 1 heterocycles. The molecule has 0 saturated heterocycles. The number of aromatic nitrogens is 2. The van der Waals surface area contributed by atoms with Crippen LogP contribution in [-0.4, -0.2) is 10.1 Å². The van der Waals surface area contributed by atoms with Crippen LogP contribution in [0.3, 0.4) is 0 Å². The molecule has 4 nitrogen and oxygen atoms in total. The average Bonchev–Trinajstić information content (AvgIpc) is 2.88. The van der Waals surface area contributed by atoms with Gasteiger partial charge in [0.25, 0.3) is 5.89 Å². The maximum Gasteiger partial charge on any atom is 0.258 e. The third-order valence-corrected chi connectivity index (χ3v) is 3.35. The molecular formula is C15H12ClN3O. The Kier molecular flexibility index (Phi) is 3.16. The van der Waals surface area contributed by atoms with Gasteiger partial charge in [0, 0.05) is 16.8 Å². The molecular weight excluding hydrogens is 274 g/mol. The van der Waals surface area contributed by atoms with E-state index >= 15 is 0 Å². The minimum Gasteiger partial charge on any atom is -0.399 e. The number of halogens is 1. The van der Waals surface area contributed by atoms with E-state index < -0.39 is 0 Å². The van der Waals surface area contributed by atoms with Crippen LogP contribution < -0.4 is 5.73 Å². The van der Waals surface area contributed by atoms with Crippen LogP contribution in [0.4, 0.5) is 5.69 Å². The summed E-state index contributed by atoms with van der Waals surface area (Å²) < 4.78 is 5.32. The number of nitrogens with zero attached hydrogens (tertiary/aromatic N) is 2. The third kappa shape index (κ3) is 2.26. The van der Waals surface area contributed by atoms with E-state index in [-0.39, 0.29) is 0 Å². The van der Waals surface area contributed by atoms with E-state index in [1.807, 2.05) is 43.3 Å². The van der Waals surface area contributed by atoms with Crippen LogP contribution >= 0.6 is 11.6 Å². The largest absolute Gasteiger partial charge is 0.399 e. The molecule has 2 aromatic carbocycles. The minimum absolute atomic E-state index is 0.456. The summed E-state index contributed by atoms with van der Waals surface area (Å²) in [5.41, 5.74) is 9.04. The first kappa shape index (κ1) is 12.7. The monoisotopic (exact) mass is 285 g/mol. The van der Waals surface area contributed by atoms with Crippen molar-refractivity contribution in [2.45, 2.75) is 6.92 Å². The van der Waals surface area contributed by atoms with Crippen LogP contribution in [0, 0.1) is 6.92 Å². The van der Waals surface area contributed by atoms with Gasteiger partial charge >= 0.3 is 0 Å². The van der Waals surface area contributed by atoms with Crippen LogP contribution in [-0.2, 0) is 0 Å². The predicted octanol–water partition coefficient (Wildman–Crippen LogP) is 3.95. The fourth-order valence-corrected chi connectivity index (χ4v) is 2.23. The standard InChI is InChI=1S/C15H12ClN3O/c1-9-8-10(17)6-7-11(9)15-18-14(19-20-15)12-4-2-3-5-13(12)16/h2-8H,17H2,1H3. The Bertz CT molecular complexity index is 767. The van der Waals surface area contributed by atoms with E-state index in [1.165, 1.54) is 0 Å². The first-order chi connectivity index (χ1) is 9.65. The Morgan fingerprint density at radius 2 is 1.90 bits per heavy atom. The lowest BCUT2D eigenvalue weighted by molar-refractivity contribution is 0.432. The summed E-state index contributed by atoms with van der Waals surface area (Å²) in [5.74, 6) is 0.930. The summed E-state index contributed by atoms with van der Waals surface area (Å²) in [6.45, 7) is 1.95. The molecule has 3 rings (SSSR count). The molecule has 0 aliphatic carbocycles. The molecule has 0 fully saturated rings. The predicted molar refractivity (Wildman–Crippen MR) is 79.3 cm³/mol. The number of nitrogen functional groups attached to an aromatic ring is 1. The molecule has 3 aromatic rings. The summed E-state index contributed by atoms with van der Waals surface area (Å²) >= 11 is 6.13. The molecule has 0 aliphatic rings. The Morgan fingerprint density at radius 3 is 2.65 bits per heavy atom. The number of rotatable bonds is 2. The highest BCUT2D eigenvalue weighted by Gasteiger charge is 2.14. The fourth-order valence-electron chi connectivity index (χ4n) is 2.01. The van der Waals surface area contributed by atoms with Crippen LogP contribution in [0.25, 0.3) is 22.8 Å². The summed E-state index contributed by atoms with van der Waals surface area (Å²) in [7, 11) is 0. The van der Waals surface area contributed by atoms with Crippen molar-refractivity contribution in [2.24, 2.45) is 0 Å². The van der Waals surface area contributed by atoms with E-state index in [0.717, 1.165) is 16.7 Å². The van der Waals surface area contributed by atoms with Crippen molar-refractivity contribution in [3.63, 3.8) is 0 Å². The normalized spacial score (nSPS) is 10.7. The van der Waals surface area contributed by atoms with Crippen molar-refractivity contribution in [1.29, 1.82) is 0 Å². The van der Waals surface area contributed by atoms with E-state index in [9.17, 15) is 0 Å². The number of hydrogen-bond acceptors (Lipinski definition) is 4. The summed E-state index contributed by atoms with van der Waals surface area (Å²) in [5, 5.41) is 4.58. The first-order valence-electron chi connectivity index (χ1n) is 6.10. The highest BCUT2D eigenvalue weighted by molar-refractivity contribution is 6.33. The molecule has 5 heteroatoms. The van der Waals surface area contributed by atoms with E-state index in [2.05, 4.69) is 10.1 Å². The van der Waals surface area contributed by atoms with E-state index in [4.69, 9.17) is 21.9 Å². The van der Waals surface area contributed by atoms with Gasteiger partial charge in [-0.1, -0.05) is 28.9 Å². The lowest BCUT2D eigenvalue weighted by Gasteiger charge is -2.01. The second-order valence-electron chi connectivity index (χ2n) is 4.48. The van der Waals surface area contributed by atoms with Gasteiger partial charge in [0.2, 0.25) is 5.82 Å². The second kappa shape index (κ2) is 4.98. The van der Waals surface area contributed by atoms with Crippen LogP contribution in [0.2, 0.25) is 5.02 Å². The topological polar surface area (TPSA) is 64.9 Å². The molecule has 20 heavy (non-hydrogen) atoms. The second-order valence-corrected chi connectivity index (χ2v) is 4.88. The molecule has 0 bridgehead atoms. The van der Waals surface area contributed by atoms with E-state index in [0.29, 0.717) is 22.4 Å². The van der Waals surface area contributed by atoms with Gasteiger partial charge in [-0.15, -0.1) is 0 Å². The molecule has 2 N–H and O–H groups in total. The maximum absolute atomic E-state index is 6.13. The Balaban J connectivity index is 2.04. The summed E-state index contributed by atoms with van der Waals surface area (Å²) in [6, 6.07) is 12.9. The van der Waals surface area contributed by atoms with Gasteiger partial charge in [-0.25, -0.2) is 0 Å². The highest BCUT2D eigenvalue weighted by Crippen LogP contribution is 2.29. The van der Waals surface area contributed by atoms with Crippen LogP contribution in [0.1, 0.15) is 5.56 Å². The lowest BCUT2D eigenvalue weighted by Crippen LogP contribution is -1.89. The van der Waals surface area contributed by atoms with Crippen LogP contribution in [0.15, 0.2) is 47.0 Å². The Labute approximate surface area is 121 Å². The molecule has 1 aromatic heterocycles. The van der Waals surface area contributed by atoms with Crippen molar-refractivity contribution >= 4 is 17.3 Å². The highest BCUT2D eigenvalue weighted by atomic mass is 35.5. The summed E-state index contributed by atoms with van der Waals surface area (Å²) in [6.07, 6.45) is 0. The number of hydrogen-bond donors (Lipinski definition) is 1. The Hall–Kier alpha value is -2.33. The fraction of sp³-hybridized carbons (Fsp3) is 0.0667. The molecule has 0 spiro atoms. The SMILES string of the molecule is Cc1cc(N)ccc1-c1nc(-c2ccccc2Cl)no1. The van der Waals surface area contributed by atoms with Gasteiger partial charge in [0.15, 0.2) is 0 Å². The average molecular weight is 286 g/mol. The zero-order valence-electron chi connectivity index (χ0n) is 10.8. The molecule has 100 valence electrons. The number of aryl methyl sites for hydroxylation is 1. The molecule has 0 unspecified atom stereocenters. The quantitative estimate of drug-likeness (QED) is 0.724. The van der Waals surface area contributed by atoms with Gasteiger partial charge in [0.1, 0.15) is 0 Å². The van der Waals surface area contributed by atoms with Gasteiger partial charge in [-0.2, -0.15) is 4.98 Å². The van der Waals surface area contributed by atoms with Crippen molar-refractivity contribution in [3.05, 3.63) is 53.1 Å². The van der Waals surface area contributed by atoms with Crippen molar-refractivity contribution < 1.29 is 4.52 Å². The number of nitrogens with two attached hydrogens (primary N) is 1. The maximum atomic E-state index is 6.13. The zero-order chi connectivity index (χ0) is 14.1. The minimum atomic E-state index is 0.456. The summed E-state index contributed by atoms with van der Waals surface area (Å²) in [4.78, 5) is 4.40. The number of benzene rings is 2. The van der Waals surface area contributed by atoms with Gasteiger partial charge < -0.3 is 10.3 Å². The molecule has 0 atom stereocenters. The Morgan fingerprint density at radius 1 is 1.10 bits per heavy atom. The first-order valence-corrected chi connectivity index (χ1v) is 6.48. The molecule has 0 saturated carbocycles. The van der Waals surface area contributed by atoms with Crippen molar-refractivity contribution in [2.75, 3.05) is 5.73 Å². The molecule has 0 aliphatic heterocycles. The van der Waals surface area contributed by atoms with Gasteiger partial charge in [0.05, 0.1) is 5.02 Å². The smallest absolute Gasteiger partial charge is 0.258 e. The van der Waals surface area contributed by atoms with Crippen molar-refractivity contribution in [3.8, 4) is 22.8 Å². The van der Waals surface area contributed by atoms with Gasteiger partial charge in [-0.05, 0) is 42.8 Å². The van der Waals surface area contributed by atoms with Crippen molar-refractivity contribution in [1.82, 2.24) is 10.1 Å². The molecule has 0 radical (unpaired) electrons. The van der Waals surface area contributed by atoms with Gasteiger partial charge in [-0.3, -0.25) is 0 Å². The third-order valence-electron chi connectivity index (χ3n) is 3.02. The molecule has 0 amide bonds. The number of anilines is 1. The van der Waals surface area contributed by atoms with Crippen LogP contribution in [0.5, 0.6) is 0 Å². The van der Waals surface area contributed by atoms with E-state index in [1.54, 1.807) is 6.07 Å².